The monoisotopic (exact) mass is 242 g/mol. The molecule has 0 aliphatic carbocycles. The van der Waals surface area contributed by atoms with Crippen LogP contribution >= 0.6 is 15.9 Å². The van der Waals surface area contributed by atoms with Gasteiger partial charge in [0.05, 0.1) is 5.69 Å². The van der Waals surface area contributed by atoms with Gasteiger partial charge >= 0.3 is 0 Å². The molecule has 1 aromatic heterocycles. The minimum absolute atomic E-state index is 0.542. The van der Waals surface area contributed by atoms with Gasteiger partial charge in [0.25, 0.3) is 0 Å². The molecule has 72 valence electrons. The summed E-state index contributed by atoms with van der Waals surface area (Å²) in [7, 11) is 0. The van der Waals surface area contributed by atoms with Crippen molar-refractivity contribution in [3.63, 3.8) is 0 Å². The van der Waals surface area contributed by atoms with E-state index in [2.05, 4.69) is 40.1 Å². The smallest absolute Gasteiger partial charge is 0.129 e. The van der Waals surface area contributed by atoms with Crippen LogP contribution in [0.5, 0.6) is 0 Å². The third-order valence-electron chi connectivity index (χ3n) is 2.10. The first kappa shape index (κ1) is 10.5. The van der Waals surface area contributed by atoms with Crippen LogP contribution in [-0.4, -0.2) is 11.0 Å². The van der Waals surface area contributed by atoms with Crippen LogP contribution in [0.15, 0.2) is 22.9 Å². The van der Waals surface area contributed by atoms with Crippen molar-refractivity contribution in [2.24, 2.45) is 0 Å². The Morgan fingerprint density at radius 3 is 2.69 bits per heavy atom. The van der Waals surface area contributed by atoms with Crippen LogP contribution in [0.3, 0.4) is 0 Å². The summed E-state index contributed by atoms with van der Waals surface area (Å²) >= 11 is 3.41. The molecule has 1 N–H and O–H groups in total. The minimum atomic E-state index is 0.542. The van der Waals surface area contributed by atoms with Gasteiger partial charge in [0.1, 0.15) is 4.60 Å². The molecule has 0 saturated heterocycles. The normalized spacial score (nSPS) is 10.5. The molecule has 0 aliphatic rings. The van der Waals surface area contributed by atoms with Gasteiger partial charge in [-0.15, -0.1) is 0 Å². The zero-order chi connectivity index (χ0) is 9.68. The number of hydrogen-bond donors (Lipinski definition) is 1. The molecule has 1 aromatic rings. The van der Waals surface area contributed by atoms with Gasteiger partial charge in [-0.1, -0.05) is 13.8 Å². The number of nitrogens with one attached hydrogen (secondary N) is 1. The van der Waals surface area contributed by atoms with Crippen LogP contribution < -0.4 is 5.32 Å². The second kappa shape index (κ2) is 5.22. The summed E-state index contributed by atoms with van der Waals surface area (Å²) in [5.41, 5.74) is 1.08. The van der Waals surface area contributed by atoms with Crippen LogP contribution in [0.4, 0.5) is 5.69 Å². The van der Waals surface area contributed by atoms with Gasteiger partial charge < -0.3 is 5.32 Å². The van der Waals surface area contributed by atoms with Crippen LogP contribution in [0.25, 0.3) is 0 Å². The molecular formula is C10H15BrN2. The SMILES string of the molecule is CCC(CC)Nc1cccnc1Br. The molecule has 0 amide bonds. The quantitative estimate of drug-likeness (QED) is 0.819. The maximum Gasteiger partial charge on any atom is 0.129 e. The van der Waals surface area contributed by atoms with Crippen LogP contribution in [0, 0.1) is 0 Å². The number of nitrogens with zero attached hydrogens (tertiary/aromatic N) is 1. The lowest BCUT2D eigenvalue weighted by atomic mass is 10.1. The molecule has 0 atom stereocenters. The zero-order valence-electron chi connectivity index (χ0n) is 8.05. The molecule has 1 rings (SSSR count). The highest BCUT2D eigenvalue weighted by molar-refractivity contribution is 9.10. The van der Waals surface area contributed by atoms with Gasteiger partial charge in [0.15, 0.2) is 0 Å². The fourth-order valence-electron chi connectivity index (χ4n) is 1.21. The zero-order valence-corrected chi connectivity index (χ0v) is 9.63. The average Bonchev–Trinajstić information content (AvgIpc) is 2.17. The summed E-state index contributed by atoms with van der Waals surface area (Å²) in [5.74, 6) is 0. The van der Waals surface area contributed by atoms with Crippen molar-refractivity contribution in [2.75, 3.05) is 5.32 Å². The van der Waals surface area contributed by atoms with Crippen LogP contribution in [0.2, 0.25) is 0 Å². The molecule has 1 heterocycles. The minimum Gasteiger partial charge on any atom is -0.380 e. The Labute approximate surface area is 87.9 Å². The predicted octanol–water partition coefficient (Wildman–Crippen LogP) is 3.44. The van der Waals surface area contributed by atoms with Crippen LogP contribution in [-0.2, 0) is 0 Å². The highest BCUT2D eigenvalue weighted by Crippen LogP contribution is 2.20. The van der Waals surface area contributed by atoms with Gasteiger partial charge in [-0.25, -0.2) is 4.98 Å². The highest BCUT2D eigenvalue weighted by Gasteiger charge is 2.05. The number of rotatable bonds is 4. The van der Waals surface area contributed by atoms with E-state index >= 15 is 0 Å². The van der Waals surface area contributed by atoms with Gasteiger partial charge in [0.2, 0.25) is 0 Å². The van der Waals surface area contributed by atoms with Crippen molar-refractivity contribution in [1.82, 2.24) is 4.98 Å². The lowest BCUT2D eigenvalue weighted by molar-refractivity contribution is 0.671. The third-order valence-corrected chi connectivity index (χ3v) is 2.74. The average molecular weight is 243 g/mol. The summed E-state index contributed by atoms with van der Waals surface area (Å²) in [6.45, 7) is 4.37. The largest absolute Gasteiger partial charge is 0.380 e. The summed E-state index contributed by atoms with van der Waals surface area (Å²) in [5, 5.41) is 3.44. The van der Waals surface area contributed by atoms with Gasteiger partial charge in [-0.2, -0.15) is 0 Å². The maximum atomic E-state index is 4.15. The van der Waals surface area contributed by atoms with Gasteiger partial charge in [-0.05, 0) is 40.9 Å². The van der Waals surface area contributed by atoms with Crippen molar-refractivity contribution < 1.29 is 0 Å². The van der Waals surface area contributed by atoms with Crippen molar-refractivity contribution in [2.45, 2.75) is 32.7 Å². The predicted molar refractivity (Wildman–Crippen MR) is 59.9 cm³/mol. The fraction of sp³-hybridized carbons (Fsp3) is 0.500. The number of aromatic nitrogens is 1. The Morgan fingerprint density at radius 1 is 1.46 bits per heavy atom. The van der Waals surface area contributed by atoms with Gasteiger partial charge in [-0.3, -0.25) is 0 Å². The van der Waals surface area contributed by atoms with Crippen molar-refractivity contribution in [1.29, 1.82) is 0 Å². The number of halogens is 1. The molecule has 0 spiro atoms. The number of hydrogen-bond acceptors (Lipinski definition) is 2. The van der Waals surface area contributed by atoms with Crippen LogP contribution in [0.1, 0.15) is 26.7 Å². The molecule has 3 heteroatoms. The highest BCUT2D eigenvalue weighted by atomic mass is 79.9. The van der Waals surface area contributed by atoms with Crippen molar-refractivity contribution in [3.8, 4) is 0 Å². The summed E-state index contributed by atoms with van der Waals surface area (Å²) in [6.07, 6.45) is 4.05. The second-order valence-electron chi connectivity index (χ2n) is 3.00. The number of pyridine rings is 1. The van der Waals surface area contributed by atoms with E-state index in [0.717, 1.165) is 23.1 Å². The van der Waals surface area contributed by atoms with E-state index in [1.165, 1.54) is 0 Å². The fourth-order valence-corrected chi connectivity index (χ4v) is 1.57. The first-order valence-electron chi connectivity index (χ1n) is 4.65. The lowest BCUT2D eigenvalue weighted by Gasteiger charge is -2.16. The second-order valence-corrected chi connectivity index (χ2v) is 3.75. The Kier molecular flexibility index (Phi) is 4.22. The first-order chi connectivity index (χ1) is 6.27. The van der Waals surface area contributed by atoms with Crippen molar-refractivity contribution >= 4 is 21.6 Å². The molecule has 2 nitrogen and oxygen atoms in total. The molecule has 0 unspecified atom stereocenters. The Bertz CT molecular complexity index is 259. The van der Waals surface area contributed by atoms with E-state index in [9.17, 15) is 0 Å². The van der Waals surface area contributed by atoms with E-state index in [1.54, 1.807) is 6.20 Å². The van der Waals surface area contributed by atoms with E-state index in [0.29, 0.717) is 6.04 Å². The molecule has 0 radical (unpaired) electrons. The number of anilines is 1. The van der Waals surface area contributed by atoms with Crippen molar-refractivity contribution in [3.05, 3.63) is 22.9 Å². The summed E-state index contributed by atoms with van der Waals surface area (Å²) < 4.78 is 0.891. The van der Waals surface area contributed by atoms with E-state index in [-0.39, 0.29) is 0 Å². The Morgan fingerprint density at radius 2 is 2.15 bits per heavy atom. The summed E-state index contributed by atoms with van der Waals surface area (Å²) in [4.78, 5) is 4.15. The molecule has 0 bridgehead atoms. The first-order valence-corrected chi connectivity index (χ1v) is 5.44. The third kappa shape index (κ3) is 2.99. The molecule has 0 saturated carbocycles. The van der Waals surface area contributed by atoms with E-state index in [4.69, 9.17) is 0 Å². The molecule has 0 fully saturated rings. The topological polar surface area (TPSA) is 24.9 Å². The molecular weight excluding hydrogens is 228 g/mol. The molecule has 13 heavy (non-hydrogen) atoms. The summed E-state index contributed by atoms with van der Waals surface area (Å²) in [6, 6.07) is 4.52. The molecule has 0 aromatic carbocycles. The van der Waals surface area contributed by atoms with E-state index in [1.807, 2.05) is 12.1 Å². The maximum absolute atomic E-state index is 4.15. The standard InChI is InChI=1S/C10H15BrN2/c1-3-8(4-2)13-9-6-5-7-12-10(9)11/h5-8,13H,3-4H2,1-2H3. The van der Waals surface area contributed by atoms with Gasteiger partial charge in [0, 0.05) is 12.2 Å². The molecule has 0 aliphatic heterocycles. The Balaban J connectivity index is 2.67. The lowest BCUT2D eigenvalue weighted by Crippen LogP contribution is -2.17. The Hall–Kier alpha value is -0.570. The van der Waals surface area contributed by atoms with E-state index < -0.39 is 0 Å².